The standard InChI is InChI=1S/C19H18INO2/c1-23-18-9-11(5-8-17(18)22)19-14-4-2-3-13(14)15-10-12(20)6-7-16(15)21-19/h2-3,5-10,13-14,19,21-22H,4H2,1H3. The quantitative estimate of drug-likeness (QED) is 0.541. The Morgan fingerprint density at radius 2 is 2.09 bits per heavy atom. The first-order valence-electron chi connectivity index (χ1n) is 7.77. The summed E-state index contributed by atoms with van der Waals surface area (Å²) >= 11 is 2.37. The zero-order chi connectivity index (χ0) is 16.0. The molecule has 0 bridgehead atoms. The highest BCUT2D eigenvalue weighted by atomic mass is 127. The molecule has 1 aliphatic carbocycles. The van der Waals surface area contributed by atoms with Crippen molar-refractivity contribution in [1.82, 2.24) is 0 Å². The Morgan fingerprint density at radius 3 is 2.91 bits per heavy atom. The summed E-state index contributed by atoms with van der Waals surface area (Å²) in [5.74, 6) is 1.66. The SMILES string of the molecule is COc1cc(C2Nc3ccc(I)cc3C3C=CCC32)ccc1O. The van der Waals surface area contributed by atoms with Gasteiger partial charge in [-0.3, -0.25) is 0 Å². The van der Waals surface area contributed by atoms with Crippen LogP contribution in [-0.2, 0) is 0 Å². The molecule has 1 aliphatic heterocycles. The number of ether oxygens (including phenoxy) is 1. The van der Waals surface area contributed by atoms with E-state index >= 15 is 0 Å². The van der Waals surface area contributed by atoms with Gasteiger partial charge < -0.3 is 15.2 Å². The fraction of sp³-hybridized carbons (Fsp3) is 0.263. The van der Waals surface area contributed by atoms with Gasteiger partial charge in [0.2, 0.25) is 0 Å². The number of phenols is 1. The lowest BCUT2D eigenvalue weighted by Gasteiger charge is -2.37. The third-order valence-corrected chi connectivity index (χ3v) is 5.56. The summed E-state index contributed by atoms with van der Waals surface area (Å²) in [5, 5.41) is 13.6. The van der Waals surface area contributed by atoms with Crippen molar-refractivity contribution >= 4 is 28.3 Å². The van der Waals surface area contributed by atoms with Crippen molar-refractivity contribution in [2.75, 3.05) is 12.4 Å². The highest BCUT2D eigenvalue weighted by molar-refractivity contribution is 14.1. The second kappa shape index (κ2) is 5.74. The van der Waals surface area contributed by atoms with Crippen LogP contribution < -0.4 is 10.1 Å². The zero-order valence-corrected chi connectivity index (χ0v) is 14.9. The summed E-state index contributed by atoms with van der Waals surface area (Å²) in [5.41, 5.74) is 3.75. The summed E-state index contributed by atoms with van der Waals surface area (Å²) in [6.07, 6.45) is 5.69. The number of rotatable bonds is 2. The minimum absolute atomic E-state index is 0.183. The van der Waals surface area contributed by atoms with Crippen molar-refractivity contribution in [2.24, 2.45) is 5.92 Å². The normalized spacial score (nSPS) is 24.7. The molecule has 1 heterocycles. The summed E-state index contributed by atoms with van der Waals surface area (Å²) in [4.78, 5) is 0. The van der Waals surface area contributed by atoms with Gasteiger partial charge in [-0.25, -0.2) is 0 Å². The van der Waals surface area contributed by atoms with Gasteiger partial charge in [-0.2, -0.15) is 0 Å². The molecule has 0 aromatic heterocycles. The number of nitrogens with one attached hydrogen (secondary N) is 1. The maximum absolute atomic E-state index is 9.85. The van der Waals surface area contributed by atoms with E-state index in [1.165, 1.54) is 14.8 Å². The Labute approximate surface area is 149 Å². The molecule has 0 amide bonds. The molecule has 2 N–H and O–H groups in total. The van der Waals surface area contributed by atoms with E-state index < -0.39 is 0 Å². The molecular weight excluding hydrogens is 401 g/mol. The number of halogens is 1. The number of methoxy groups -OCH3 is 1. The lowest BCUT2D eigenvalue weighted by Crippen LogP contribution is -2.29. The molecule has 0 saturated carbocycles. The second-order valence-corrected chi connectivity index (χ2v) is 7.38. The van der Waals surface area contributed by atoms with Gasteiger partial charge in [0, 0.05) is 15.2 Å². The Kier molecular flexibility index (Phi) is 3.71. The number of fused-ring (bicyclic) bond motifs is 3. The van der Waals surface area contributed by atoms with Crippen LogP contribution in [0.2, 0.25) is 0 Å². The first-order chi connectivity index (χ1) is 11.2. The topological polar surface area (TPSA) is 41.5 Å². The summed E-state index contributed by atoms with van der Waals surface area (Å²) in [7, 11) is 1.59. The van der Waals surface area contributed by atoms with Gasteiger partial charge in [-0.15, -0.1) is 0 Å². The molecule has 23 heavy (non-hydrogen) atoms. The molecule has 2 aliphatic rings. The number of hydrogen-bond acceptors (Lipinski definition) is 3. The Bertz CT molecular complexity index is 787. The number of benzene rings is 2. The first kappa shape index (κ1) is 14.9. The molecule has 3 atom stereocenters. The van der Waals surface area contributed by atoms with Crippen molar-refractivity contribution in [1.29, 1.82) is 0 Å². The predicted molar refractivity (Wildman–Crippen MR) is 100 cm³/mol. The molecule has 0 spiro atoms. The van der Waals surface area contributed by atoms with Crippen LogP contribution in [0.5, 0.6) is 11.5 Å². The van der Waals surface area contributed by atoms with Crippen LogP contribution in [0.3, 0.4) is 0 Å². The van der Waals surface area contributed by atoms with Crippen LogP contribution in [0.1, 0.15) is 29.5 Å². The van der Waals surface area contributed by atoms with Crippen molar-refractivity contribution < 1.29 is 9.84 Å². The predicted octanol–water partition coefficient (Wildman–Crippen LogP) is 4.83. The van der Waals surface area contributed by atoms with E-state index in [1.807, 2.05) is 12.1 Å². The lowest BCUT2D eigenvalue weighted by molar-refractivity contribution is 0.370. The van der Waals surface area contributed by atoms with E-state index in [-0.39, 0.29) is 11.8 Å². The lowest BCUT2D eigenvalue weighted by atomic mass is 9.77. The fourth-order valence-electron chi connectivity index (χ4n) is 3.78. The monoisotopic (exact) mass is 419 g/mol. The molecule has 3 unspecified atom stereocenters. The van der Waals surface area contributed by atoms with Crippen LogP contribution in [-0.4, -0.2) is 12.2 Å². The third-order valence-electron chi connectivity index (χ3n) is 4.89. The van der Waals surface area contributed by atoms with Gasteiger partial charge in [-0.05, 0) is 76.4 Å². The van der Waals surface area contributed by atoms with Crippen molar-refractivity contribution in [3.05, 3.63) is 63.2 Å². The zero-order valence-electron chi connectivity index (χ0n) is 12.8. The number of allylic oxidation sites excluding steroid dienone is 2. The second-order valence-electron chi connectivity index (χ2n) is 6.14. The molecular formula is C19H18INO2. The summed E-state index contributed by atoms with van der Waals surface area (Å²) in [6, 6.07) is 12.5. The van der Waals surface area contributed by atoms with Gasteiger partial charge in [0.1, 0.15) is 0 Å². The number of phenolic OH excluding ortho intramolecular Hbond substituents is 1. The number of hydrogen-bond donors (Lipinski definition) is 2. The van der Waals surface area contributed by atoms with E-state index in [0.29, 0.717) is 17.6 Å². The molecule has 2 aromatic rings. The van der Waals surface area contributed by atoms with E-state index in [9.17, 15) is 5.11 Å². The summed E-state index contributed by atoms with van der Waals surface area (Å²) < 4.78 is 6.55. The van der Waals surface area contributed by atoms with Crippen LogP contribution in [0.15, 0.2) is 48.6 Å². The van der Waals surface area contributed by atoms with Crippen molar-refractivity contribution in [3.63, 3.8) is 0 Å². The van der Waals surface area contributed by atoms with E-state index in [4.69, 9.17) is 4.74 Å². The van der Waals surface area contributed by atoms with Gasteiger partial charge in [0.05, 0.1) is 13.2 Å². The minimum atomic E-state index is 0.183. The smallest absolute Gasteiger partial charge is 0.160 e. The van der Waals surface area contributed by atoms with E-state index in [0.717, 1.165) is 12.0 Å². The van der Waals surface area contributed by atoms with Crippen molar-refractivity contribution in [2.45, 2.75) is 18.4 Å². The number of anilines is 1. The van der Waals surface area contributed by atoms with Gasteiger partial charge >= 0.3 is 0 Å². The highest BCUT2D eigenvalue weighted by Gasteiger charge is 2.38. The number of aromatic hydroxyl groups is 1. The van der Waals surface area contributed by atoms with E-state index in [1.54, 1.807) is 13.2 Å². The average molecular weight is 419 g/mol. The van der Waals surface area contributed by atoms with Gasteiger partial charge in [0.25, 0.3) is 0 Å². The first-order valence-corrected chi connectivity index (χ1v) is 8.85. The van der Waals surface area contributed by atoms with Crippen molar-refractivity contribution in [3.8, 4) is 11.5 Å². The van der Waals surface area contributed by atoms with Crippen LogP contribution in [0, 0.1) is 9.49 Å². The summed E-state index contributed by atoms with van der Waals surface area (Å²) in [6.45, 7) is 0. The maximum Gasteiger partial charge on any atom is 0.160 e. The van der Waals surface area contributed by atoms with Crippen LogP contribution in [0.25, 0.3) is 0 Å². The largest absolute Gasteiger partial charge is 0.504 e. The molecule has 4 heteroatoms. The Balaban J connectivity index is 1.77. The van der Waals surface area contributed by atoms with Crippen LogP contribution in [0.4, 0.5) is 5.69 Å². The molecule has 2 aromatic carbocycles. The third kappa shape index (κ3) is 2.49. The van der Waals surface area contributed by atoms with Gasteiger partial charge in [0.15, 0.2) is 11.5 Å². The van der Waals surface area contributed by atoms with Crippen LogP contribution >= 0.6 is 22.6 Å². The molecule has 118 valence electrons. The molecule has 0 saturated heterocycles. The van der Waals surface area contributed by atoms with Gasteiger partial charge in [-0.1, -0.05) is 18.2 Å². The average Bonchev–Trinajstić information content (AvgIpc) is 3.05. The fourth-order valence-corrected chi connectivity index (χ4v) is 4.30. The maximum atomic E-state index is 9.85. The Morgan fingerprint density at radius 1 is 1.22 bits per heavy atom. The molecule has 0 radical (unpaired) electrons. The molecule has 0 fully saturated rings. The minimum Gasteiger partial charge on any atom is -0.504 e. The highest BCUT2D eigenvalue weighted by Crippen LogP contribution is 2.50. The van der Waals surface area contributed by atoms with E-state index in [2.05, 4.69) is 58.3 Å². The molecule has 4 rings (SSSR count). The Hall–Kier alpha value is -1.69. The molecule has 3 nitrogen and oxygen atoms in total.